The van der Waals surface area contributed by atoms with Gasteiger partial charge in [0.2, 0.25) is 0 Å². The Kier molecular flexibility index (Phi) is 3.39. The number of carbonyl (C=O) groups excluding carboxylic acids is 1. The molecule has 0 aliphatic carbocycles. The van der Waals surface area contributed by atoms with Gasteiger partial charge in [-0.05, 0) is 36.4 Å². The zero-order valence-electron chi connectivity index (χ0n) is 11.1. The highest BCUT2D eigenvalue weighted by Gasteiger charge is 2.06. The van der Waals surface area contributed by atoms with Gasteiger partial charge in [0.25, 0.3) is 5.91 Å². The summed E-state index contributed by atoms with van der Waals surface area (Å²) in [7, 11) is 0. The maximum Gasteiger partial charge on any atom is 0.255 e. The van der Waals surface area contributed by atoms with E-state index in [-0.39, 0.29) is 11.7 Å². The van der Waals surface area contributed by atoms with Crippen LogP contribution >= 0.6 is 0 Å². The van der Waals surface area contributed by atoms with Crippen molar-refractivity contribution in [3.8, 4) is 11.4 Å². The van der Waals surface area contributed by atoms with Gasteiger partial charge in [0.05, 0.1) is 6.33 Å². The average molecular weight is 279 g/mol. The van der Waals surface area contributed by atoms with Crippen LogP contribution < -0.4 is 5.32 Å². The second-order valence-corrected chi connectivity index (χ2v) is 4.52. The zero-order chi connectivity index (χ0) is 14.7. The molecule has 3 aromatic rings. The summed E-state index contributed by atoms with van der Waals surface area (Å²) < 4.78 is 1.86. The van der Waals surface area contributed by atoms with E-state index in [9.17, 15) is 9.90 Å². The van der Waals surface area contributed by atoms with Gasteiger partial charge in [-0.1, -0.05) is 6.07 Å². The minimum absolute atomic E-state index is 0.114. The first-order valence-electron chi connectivity index (χ1n) is 6.41. The first-order chi connectivity index (χ1) is 10.2. The largest absolute Gasteiger partial charge is 0.508 e. The van der Waals surface area contributed by atoms with Gasteiger partial charge in [-0.3, -0.25) is 4.79 Å². The molecule has 21 heavy (non-hydrogen) atoms. The molecule has 2 aromatic carbocycles. The van der Waals surface area contributed by atoms with Crippen molar-refractivity contribution in [2.24, 2.45) is 0 Å². The third kappa shape index (κ3) is 2.92. The highest BCUT2D eigenvalue weighted by Crippen LogP contribution is 2.17. The summed E-state index contributed by atoms with van der Waals surface area (Å²) in [6.07, 6.45) is 5.23. The van der Waals surface area contributed by atoms with Gasteiger partial charge in [-0.15, -0.1) is 0 Å². The number of rotatable bonds is 3. The van der Waals surface area contributed by atoms with Crippen LogP contribution in [0.3, 0.4) is 0 Å². The number of benzene rings is 2. The number of amides is 1. The van der Waals surface area contributed by atoms with Crippen molar-refractivity contribution in [1.82, 2.24) is 9.55 Å². The van der Waals surface area contributed by atoms with E-state index in [2.05, 4.69) is 10.3 Å². The first kappa shape index (κ1) is 12.9. The van der Waals surface area contributed by atoms with Crippen molar-refractivity contribution in [2.45, 2.75) is 0 Å². The lowest BCUT2D eigenvalue weighted by Gasteiger charge is -2.07. The molecule has 0 unspecified atom stereocenters. The van der Waals surface area contributed by atoms with Gasteiger partial charge >= 0.3 is 0 Å². The maximum atomic E-state index is 12.1. The third-order valence-corrected chi connectivity index (χ3v) is 3.04. The number of hydrogen-bond acceptors (Lipinski definition) is 3. The molecule has 0 aliphatic rings. The number of nitrogens with zero attached hydrogens (tertiary/aromatic N) is 2. The number of phenolic OH excluding ortho intramolecular Hbond substituents is 1. The Bertz CT molecular complexity index is 749. The highest BCUT2D eigenvalue weighted by atomic mass is 16.3. The van der Waals surface area contributed by atoms with Gasteiger partial charge in [-0.25, -0.2) is 4.98 Å². The second kappa shape index (κ2) is 5.50. The van der Waals surface area contributed by atoms with Crippen LogP contribution in [-0.2, 0) is 0 Å². The van der Waals surface area contributed by atoms with Gasteiger partial charge in [0.15, 0.2) is 0 Å². The molecule has 0 saturated carbocycles. The van der Waals surface area contributed by atoms with Crippen LogP contribution in [0.4, 0.5) is 5.69 Å². The molecule has 0 aliphatic heterocycles. The molecule has 5 nitrogen and oxygen atoms in total. The molecule has 0 bridgehead atoms. The summed E-state index contributed by atoms with van der Waals surface area (Å²) in [6, 6.07) is 13.6. The Morgan fingerprint density at radius 2 is 1.95 bits per heavy atom. The van der Waals surface area contributed by atoms with Gasteiger partial charge in [-0.2, -0.15) is 0 Å². The van der Waals surface area contributed by atoms with E-state index < -0.39 is 0 Å². The molecule has 5 heteroatoms. The molecular formula is C16H13N3O2. The molecule has 1 amide bonds. The molecule has 0 fully saturated rings. The fourth-order valence-corrected chi connectivity index (χ4v) is 1.98. The highest BCUT2D eigenvalue weighted by molar-refractivity contribution is 6.04. The fourth-order valence-electron chi connectivity index (χ4n) is 1.98. The second-order valence-electron chi connectivity index (χ2n) is 4.52. The van der Waals surface area contributed by atoms with E-state index in [1.807, 2.05) is 22.9 Å². The number of anilines is 1. The van der Waals surface area contributed by atoms with Crippen LogP contribution in [0, 0.1) is 0 Å². The standard InChI is InChI=1S/C16H13N3O2/c20-15-3-1-2-13(10-15)18-16(21)12-4-6-14(7-5-12)19-9-8-17-11-19/h1-11,20H,(H,18,21). The van der Waals surface area contributed by atoms with E-state index in [1.165, 1.54) is 6.07 Å². The smallest absolute Gasteiger partial charge is 0.255 e. The lowest BCUT2D eigenvalue weighted by molar-refractivity contribution is 0.102. The maximum absolute atomic E-state index is 12.1. The number of carbonyl (C=O) groups is 1. The molecule has 3 rings (SSSR count). The van der Waals surface area contributed by atoms with Crippen LogP contribution in [0.2, 0.25) is 0 Å². The Morgan fingerprint density at radius 3 is 2.62 bits per heavy atom. The van der Waals surface area contributed by atoms with Crippen LogP contribution in [0.25, 0.3) is 5.69 Å². The normalized spacial score (nSPS) is 10.3. The molecule has 0 atom stereocenters. The molecule has 0 saturated heterocycles. The van der Waals surface area contributed by atoms with E-state index in [0.717, 1.165) is 5.69 Å². The summed E-state index contributed by atoms with van der Waals surface area (Å²) in [5, 5.41) is 12.1. The van der Waals surface area contributed by atoms with Crippen LogP contribution in [0.5, 0.6) is 5.75 Å². The summed E-state index contributed by atoms with van der Waals surface area (Å²) in [6.45, 7) is 0. The quantitative estimate of drug-likeness (QED) is 0.774. The predicted octanol–water partition coefficient (Wildman–Crippen LogP) is 2.83. The van der Waals surface area contributed by atoms with Crippen LogP contribution in [-0.4, -0.2) is 20.6 Å². The third-order valence-electron chi connectivity index (χ3n) is 3.04. The lowest BCUT2D eigenvalue weighted by atomic mass is 10.2. The van der Waals surface area contributed by atoms with Gasteiger partial charge in [0.1, 0.15) is 5.75 Å². The Labute approximate surface area is 121 Å². The topological polar surface area (TPSA) is 67.2 Å². The first-order valence-corrected chi connectivity index (χ1v) is 6.41. The summed E-state index contributed by atoms with van der Waals surface area (Å²) in [5.41, 5.74) is 2.03. The predicted molar refractivity (Wildman–Crippen MR) is 79.6 cm³/mol. The zero-order valence-corrected chi connectivity index (χ0v) is 11.1. The summed E-state index contributed by atoms with van der Waals surface area (Å²) in [5.74, 6) is -0.110. The van der Waals surface area contributed by atoms with Gasteiger partial charge < -0.3 is 15.0 Å². The molecular weight excluding hydrogens is 266 g/mol. The van der Waals surface area contributed by atoms with Crippen molar-refractivity contribution in [3.05, 3.63) is 72.8 Å². The number of aromatic nitrogens is 2. The average Bonchev–Trinajstić information content (AvgIpc) is 3.01. The van der Waals surface area contributed by atoms with Crippen molar-refractivity contribution in [1.29, 1.82) is 0 Å². The van der Waals surface area contributed by atoms with Crippen molar-refractivity contribution in [3.63, 3.8) is 0 Å². The Morgan fingerprint density at radius 1 is 1.14 bits per heavy atom. The van der Waals surface area contributed by atoms with Gasteiger partial charge in [0, 0.05) is 35.4 Å². The summed E-state index contributed by atoms with van der Waals surface area (Å²) >= 11 is 0. The van der Waals surface area contributed by atoms with Crippen molar-refractivity contribution >= 4 is 11.6 Å². The number of imidazole rings is 1. The summed E-state index contributed by atoms with van der Waals surface area (Å²) in [4.78, 5) is 16.1. The number of aromatic hydroxyl groups is 1. The SMILES string of the molecule is O=C(Nc1cccc(O)c1)c1ccc(-n2ccnc2)cc1. The Balaban J connectivity index is 1.76. The molecule has 0 spiro atoms. The minimum atomic E-state index is -0.224. The van der Waals surface area contributed by atoms with E-state index >= 15 is 0 Å². The molecule has 104 valence electrons. The molecule has 1 heterocycles. The van der Waals surface area contributed by atoms with E-state index in [1.54, 1.807) is 42.9 Å². The molecule has 1 aromatic heterocycles. The molecule has 2 N–H and O–H groups in total. The van der Waals surface area contributed by atoms with E-state index in [0.29, 0.717) is 11.3 Å². The van der Waals surface area contributed by atoms with E-state index in [4.69, 9.17) is 0 Å². The lowest BCUT2D eigenvalue weighted by Crippen LogP contribution is -2.11. The van der Waals surface area contributed by atoms with Crippen molar-refractivity contribution < 1.29 is 9.90 Å². The minimum Gasteiger partial charge on any atom is -0.508 e. The number of hydrogen-bond donors (Lipinski definition) is 2. The number of phenols is 1. The Hall–Kier alpha value is -3.08. The van der Waals surface area contributed by atoms with Crippen molar-refractivity contribution in [2.75, 3.05) is 5.32 Å². The van der Waals surface area contributed by atoms with Crippen LogP contribution in [0.1, 0.15) is 10.4 Å². The number of nitrogens with one attached hydrogen (secondary N) is 1. The fraction of sp³-hybridized carbons (Fsp3) is 0. The monoisotopic (exact) mass is 279 g/mol. The van der Waals surface area contributed by atoms with Crippen LogP contribution in [0.15, 0.2) is 67.3 Å². The molecule has 0 radical (unpaired) electrons.